The summed E-state index contributed by atoms with van der Waals surface area (Å²) in [6, 6.07) is 3.44. The van der Waals surface area contributed by atoms with Crippen molar-refractivity contribution in [3.63, 3.8) is 0 Å². The van der Waals surface area contributed by atoms with Gasteiger partial charge in [0, 0.05) is 18.6 Å². The molecule has 1 saturated heterocycles. The highest BCUT2D eigenvalue weighted by molar-refractivity contribution is 5.13. The molecule has 0 bridgehead atoms. The van der Waals surface area contributed by atoms with Crippen LogP contribution in [0.5, 0.6) is 5.88 Å². The second-order valence-electron chi connectivity index (χ2n) is 3.92. The maximum atomic E-state index is 10.1. The molecule has 1 aromatic heterocycles. The van der Waals surface area contributed by atoms with Crippen molar-refractivity contribution in [3.05, 3.63) is 17.8 Å². The molecule has 1 aromatic rings. The van der Waals surface area contributed by atoms with Crippen molar-refractivity contribution in [3.8, 4) is 5.88 Å². The highest BCUT2D eigenvalue weighted by atomic mass is 16.5. The van der Waals surface area contributed by atoms with E-state index in [4.69, 9.17) is 9.47 Å². The number of hydrogen-bond acceptors (Lipinski definition) is 5. The first-order chi connectivity index (χ1) is 7.81. The van der Waals surface area contributed by atoms with Gasteiger partial charge >= 0.3 is 0 Å². The molecule has 0 aliphatic carbocycles. The fourth-order valence-electron chi connectivity index (χ4n) is 1.85. The lowest BCUT2D eigenvalue weighted by Crippen LogP contribution is -2.24. The third kappa shape index (κ3) is 2.48. The van der Waals surface area contributed by atoms with E-state index in [0.717, 1.165) is 19.4 Å². The van der Waals surface area contributed by atoms with Crippen LogP contribution >= 0.6 is 0 Å². The first-order valence-electron chi connectivity index (χ1n) is 5.44. The van der Waals surface area contributed by atoms with Crippen molar-refractivity contribution in [2.24, 2.45) is 5.92 Å². The summed E-state index contributed by atoms with van der Waals surface area (Å²) in [5.74, 6) is 0.576. The Bertz CT molecular complexity index is 323. The average Bonchev–Trinajstić information content (AvgIpc) is 2.39. The smallest absolute Gasteiger partial charge is 0.233 e. The molecule has 0 amide bonds. The van der Waals surface area contributed by atoms with E-state index in [1.165, 1.54) is 7.11 Å². The van der Waals surface area contributed by atoms with Gasteiger partial charge in [-0.3, -0.25) is 0 Å². The molecule has 0 radical (unpaired) electrons. The maximum absolute atomic E-state index is 10.1. The number of aliphatic hydroxyl groups excluding tert-OH is 1. The van der Waals surface area contributed by atoms with Crippen LogP contribution in [0, 0.1) is 5.92 Å². The number of aromatic nitrogens is 2. The summed E-state index contributed by atoms with van der Waals surface area (Å²) >= 11 is 0. The van der Waals surface area contributed by atoms with Crippen LogP contribution in [0.25, 0.3) is 0 Å². The van der Waals surface area contributed by atoms with Crippen molar-refractivity contribution in [1.29, 1.82) is 0 Å². The van der Waals surface area contributed by atoms with Crippen molar-refractivity contribution in [1.82, 2.24) is 10.2 Å². The molecule has 2 rings (SSSR count). The minimum absolute atomic E-state index is 0.122. The molecule has 1 aliphatic heterocycles. The van der Waals surface area contributed by atoms with Crippen molar-refractivity contribution in [2.75, 3.05) is 20.3 Å². The summed E-state index contributed by atoms with van der Waals surface area (Å²) in [7, 11) is 1.54. The predicted octanol–water partition coefficient (Wildman–Crippen LogP) is 0.945. The SMILES string of the molecule is COc1ccc(C(O)C2CCCOC2)nn1. The fourth-order valence-corrected chi connectivity index (χ4v) is 1.85. The van der Waals surface area contributed by atoms with Gasteiger partial charge in [-0.25, -0.2) is 0 Å². The van der Waals surface area contributed by atoms with Crippen LogP contribution in [0.1, 0.15) is 24.6 Å². The van der Waals surface area contributed by atoms with Gasteiger partial charge < -0.3 is 14.6 Å². The zero-order valence-corrected chi connectivity index (χ0v) is 9.30. The highest BCUT2D eigenvalue weighted by Crippen LogP contribution is 2.27. The molecule has 2 unspecified atom stereocenters. The lowest BCUT2D eigenvalue weighted by Gasteiger charge is -2.25. The van der Waals surface area contributed by atoms with E-state index >= 15 is 0 Å². The van der Waals surface area contributed by atoms with Crippen LogP contribution in [0.15, 0.2) is 12.1 Å². The van der Waals surface area contributed by atoms with Crippen molar-refractivity contribution in [2.45, 2.75) is 18.9 Å². The van der Waals surface area contributed by atoms with Crippen LogP contribution < -0.4 is 4.74 Å². The van der Waals surface area contributed by atoms with E-state index in [2.05, 4.69) is 10.2 Å². The normalized spacial score (nSPS) is 22.8. The molecule has 2 heterocycles. The third-order valence-electron chi connectivity index (χ3n) is 2.81. The standard InChI is InChI=1S/C11H16N2O3/c1-15-10-5-4-9(12-13-10)11(14)8-3-2-6-16-7-8/h4-5,8,11,14H,2-3,6-7H2,1H3. The molecule has 0 spiro atoms. The van der Waals surface area contributed by atoms with Crippen LogP contribution in [-0.2, 0) is 4.74 Å². The Balaban J connectivity index is 2.04. The number of hydrogen-bond donors (Lipinski definition) is 1. The summed E-state index contributed by atoms with van der Waals surface area (Å²) < 4.78 is 10.3. The molecule has 2 atom stereocenters. The molecular formula is C11H16N2O3. The predicted molar refractivity (Wildman–Crippen MR) is 57.1 cm³/mol. The van der Waals surface area contributed by atoms with Crippen LogP contribution in [0.2, 0.25) is 0 Å². The average molecular weight is 224 g/mol. The van der Waals surface area contributed by atoms with E-state index in [-0.39, 0.29) is 5.92 Å². The monoisotopic (exact) mass is 224 g/mol. The van der Waals surface area contributed by atoms with Crippen molar-refractivity contribution >= 4 is 0 Å². The highest BCUT2D eigenvalue weighted by Gasteiger charge is 2.24. The first kappa shape index (κ1) is 11.3. The lowest BCUT2D eigenvalue weighted by atomic mass is 9.94. The van der Waals surface area contributed by atoms with E-state index in [1.54, 1.807) is 12.1 Å². The van der Waals surface area contributed by atoms with Gasteiger partial charge in [-0.1, -0.05) is 0 Å². The van der Waals surface area contributed by atoms with Gasteiger partial charge in [0.05, 0.1) is 19.4 Å². The Hall–Kier alpha value is -1.20. The molecule has 1 aliphatic rings. The van der Waals surface area contributed by atoms with Crippen LogP contribution in [0.3, 0.4) is 0 Å². The summed E-state index contributed by atoms with van der Waals surface area (Å²) in [5.41, 5.74) is 0.580. The van der Waals surface area contributed by atoms with Gasteiger partial charge in [0.1, 0.15) is 6.10 Å². The van der Waals surface area contributed by atoms with E-state index in [9.17, 15) is 5.11 Å². The van der Waals surface area contributed by atoms with E-state index in [0.29, 0.717) is 18.2 Å². The molecule has 5 nitrogen and oxygen atoms in total. The molecule has 1 fully saturated rings. The molecule has 16 heavy (non-hydrogen) atoms. The third-order valence-corrected chi connectivity index (χ3v) is 2.81. The summed E-state index contributed by atoms with van der Waals surface area (Å²) in [5, 5.41) is 17.9. The lowest BCUT2D eigenvalue weighted by molar-refractivity contribution is -0.0119. The van der Waals surface area contributed by atoms with Crippen LogP contribution in [0.4, 0.5) is 0 Å². The molecular weight excluding hydrogens is 208 g/mol. The fraction of sp³-hybridized carbons (Fsp3) is 0.636. The second kappa shape index (κ2) is 5.23. The Labute approximate surface area is 94.4 Å². The maximum Gasteiger partial charge on any atom is 0.233 e. The Morgan fingerprint density at radius 3 is 2.94 bits per heavy atom. The van der Waals surface area contributed by atoms with Gasteiger partial charge in [0.2, 0.25) is 5.88 Å². The molecule has 88 valence electrons. The Kier molecular flexibility index (Phi) is 3.69. The van der Waals surface area contributed by atoms with E-state index in [1.807, 2.05) is 0 Å². The summed E-state index contributed by atoms with van der Waals surface area (Å²) in [6.07, 6.45) is 1.36. The van der Waals surface area contributed by atoms with Gasteiger partial charge in [0.25, 0.3) is 0 Å². The number of methoxy groups -OCH3 is 1. The van der Waals surface area contributed by atoms with Gasteiger partial charge in [-0.05, 0) is 18.9 Å². The Morgan fingerprint density at radius 1 is 1.50 bits per heavy atom. The number of nitrogens with zero attached hydrogens (tertiary/aromatic N) is 2. The number of rotatable bonds is 3. The molecule has 5 heteroatoms. The zero-order chi connectivity index (χ0) is 11.4. The molecule has 0 saturated carbocycles. The summed E-state index contributed by atoms with van der Waals surface area (Å²) in [6.45, 7) is 1.38. The van der Waals surface area contributed by atoms with Crippen LogP contribution in [-0.4, -0.2) is 35.6 Å². The molecule has 0 aromatic carbocycles. The zero-order valence-electron chi connectivity index (χ0n) is 9.30. The van der Waals surface area contributed by atoms with Gasteiger partial charge in [0.15, 0.2) is 0 Å². The van der Waals surface area contributed by atoms with Gasteiger partial charge in [-0.2, -0.15) is 0 Å². The molecule has 1 N–H and O–H groups in total. The first-order valence-corrected chi connectivity index (χ1v) is 5.44. The minimum atomic E-state index is -0.598. The van der Waals surface area contributed by atoms with Crippen molar-refractivity contribution < 1.29 is 14.6 Å². The largest absolute Gasteiger partial charge is 0.480 e. The van der Waals surface area contributed by atoms with E-state index < -0.39 is 6.10 Å². The Morgan fingerprint density at radius 2 is 2.38 bits per heavy atom. The summed E-state index contributed by atoms with van der Waals surface area (Å²) in [4.78, 5) is 0. The topological polar surface area (TPSA) is 64.5 Å². The van der Waals surface area contributed by atoms with Gasteiger partial charge in [-0.15, -0.1) is 10.2 Å². The number of aliphatic hydroxyl groups is 1. The second-order valence-corrected chi connectivity index (χ2v) is 3.92. The minimum Gasteiger partial charge on any atom is -0.480 e. The number of ether oxygens (including phenoxy) is 2. The quantitative estimate of drug-likeness (QED) is 0.828.